The molecule has 1 unspecified atom stereocenters. The Labute approximate surface area is 96.8 Å². The third kappa shape index (κ3) is 2.23. The van der Waals surface area contributed by atoms with Gasteiger partial charge in [-0.25, -0.2) is 0 Å². The Hall–Kier alpha value is -0.610. The van der Waals surface area contributed by atoms with Crippen LogP contribution in [0.25, 0.3) is 0 Å². The molecule has 2 rings (SSSR count). The fraction of sp³-hybridized carbons (Fsp3) is 0.917. The van der Waals surface area contributed by atoms with Crippen molar-refractivity contribution >= 4 is 5.91 Å². The van der Waals surface area contributed by atoms with Crippen molar-refractivity contribution in [2.24, 2.45) is 11.7 Å². The lowest BCUT2D eigenvalue weighted by molar-refractivity contribution is -0.148. The largest absolute Gasteiger partial charge is 0.388 e. The summed E-state index contributed by atoms with van der Waals surface area (Å²) in [6.45, 7) is 3.29. The number of rotatable bonds is 3. The summed E-state index contributed by atoms with van der Waals surface area (Å²) >= 11 is 0. The highest BCUT2D eigenvalue weighted by atomic mass is 16.3. The lowest BCUT2D eigenvalue weighted by atomic mass is 9.77. The molecule has 1 aliphatic heterocycles. The molecule has 0 radical (unpaired) electrons. The van der Waals surface area contributed by atoms with Crippen LogP contribution >= 0.6 is 0 Å². The normalized spacial score (nSPS) is 39.7. The summed E-state index contributed by atoms with van der Waals surface area (Å²) in [6.07, 6.45) is 5.01. The van der Waals surface area contributed by atoms with Gasteiger partial charge >= 0.3 is 0 Å². The molecule has 0 bridgehead atoms. The fourth-order valence-electron chi connectivity index (χ4n) is 2.81. The van der Waals surface area contributed by atoms with Crippen molar-refractivity contribution in [2.75, 3.05) is 13.1 Å². The van der Waals surface area contributed by atoms with Crippen molar-refractivity contribution in [3.05, 3.63) is 0 Å². The molecule has 1 amide bonds. The Balaban J connectivity index is 1.83. The third-order valence-corrected chi connectivity index (χ3v) is 4.14. The molecule has 1 saturated carbocycles. The van der Waals surface area contributed by atoms with Gasteiger partial charge in [0.1, 0.15) is 6.04 Å². The van der Waals surface area contributed by atoms with Gasteiger partial charge < -0.3 is 15.7 Å². The molecule has 0 aromatic heterocycles. The van der Waals surface area contributed by atoms with Crippen LogP contribution < -0.4 is 5.73 Å². The van der Waals surface area contributed by atoms with Crippen molar-refractivity contribution in [1.29, 1.82) is 0 Å². The van der Waals surface area contributed by atoms with Crippen LogP contribution in [-0.2, 0) is 4.79 Å². The molecule has 4 heteroatoms. The number of hydrogen-bond acceptors (Lipinski definition) is 3. The van der Waals surface area contributed by atoms with Crippen LogP contribution in [0.2, 0.25) is 0 Å². The standard InChI is InChI=1S/C12H22N2O2/c1-2-9-3-5-12(16,6-4-9)8-14-7-10(13)11(14)15/h9-10,16H,2-8,13H2,1H3. The van der Waals surface area contributed by atoms with E-state index in [1.165, 1.54) is 6.42 Å². The van der Waals surface area contributed by atoms with Gasteiger partial charge in [-0.3, -0.25) is 4.79 Å². The highest BCUT2D eigenvalue weighted by Gasteiger charge is 2.41. The van der Waals surface area contributed by atoms with Crippen LogP contribution in [0, 0.1) is 5.92 Å². The van der Waals surface area contributed by atoms with Crippen LogP contribution in [0.5, 0.6) is 0 Å². The maximum atomic E-state index is 11.4. The van der Waals surface area contributed by atoms with E-state index >= 15 is 0 Å². The van der Waals surface area contributed by atoms with E-state index in [-0.39, 0.29) is 11.9 Å². The summed E-state index contributed by atoms with van der Waals surface area (Å²) in [4.78, 5) is 13.1. The van der Waals surface area contributed by atoms with Gasteiger partial charge in [-0.15, -0.1) is 0 Å². The minimum atomic E-state index is -0.651. The van der Waals surface area contributed by atoms with Crippen LogP contribution in [-0.4, -0.2) is 40.6 Å². The Bertz CT molecular complexity index is 272. The zero-order chi connectivity index (χ0) is 11.8. The molecule has 1 aliphatic carbocycles. The molecule has 4 nitrogen and oxygen atoms in total. The second-order valence-electron chi connectivity index (χ2n) is 5.40. The van der Waals surface area contributed by atoms with Gasteiger partial charge in [0, 0.05) is 13.1 Å². The number of aliphatic hydroxyl groups is 1. The summed E-state index contributed by atoms with van der Waals surface area (Å²) in [6, 6.07) is -0.324. The average molecular weight is 226 g/mol. The minimum Gasteiger partial charge on any atom is -0.388 e. The number of amides is 1. The number of carbonyl (C=O) groups excluding carboxylic acids is 1. The topological polar surface area (TPSA) is 66.6 Å². The zero-order valence-electron chi connectivity index (χ0n) is 9.98. The van der Waals surface area contributed by atoms with E-state index in [2.05, 4.69) is 6.92 Å². The zero-order valence-corrected chi connectivity index (χ0v) is 9.98. The first-order valence-corrected chi connectivity index (χ1v) is 6.31. The second kappa shape index (κ2) is 4.34. The first kappa shape index (κ1) is 11.9. The van der Waals surface area contributed by atoms with E-state index in [0.717, 1.165) is 31.6 Å². The number of nitrogens with two attached hydrogens (primary N) is 1. The predicted molar refractivity (Wildman–Crippen MR) is 61.8 cm³/mol. The van der Waals surface area contributed by atoms with E-state index in [9.17, 15) is 9.90 Å². The first-order valence-electron chi connectivity index (χ1n) is 6.31. The number of likely N-dealkylation sites (tertiary alicyclic amines) is 1. The van der Waals surface area contributed by atoms with Crippen molar-refractivity contribution in [3.63, 3.8) is 0 Å². The maximum Gasteiger partial charge on any atom is 0.241 e. The minimum absolute atomic E-state index is 0.00830. The number of hydrogen-bond donors (Lipinski definition) is 2. The number of β-lactam (4-membered cyclic amide) rings is 1. The van der Waals surface area contributed by atoms with E-state index < -0.39 is 5.60 Å². The van der Waals surface area contributed by atoms with E-state index in [4.69, 9.17) is 5.73 Å². The molecule has 16 heavy (non-hydrogen) atoms. The monoisotopic (exact) mass is 226 g/mol. The molecule has 3 N–H and O–H groups in total. The predicted octanol–water partition coefficient (Wildman–Crippen LogP) is 0.487. The van der Waals surface area contributed by atoms with E-state index in [0.29, 0.717) is 13.1 Å². The average Bonchev–Trinajstić information content (AvgIpc) is 2.29. The van der Waals surface area contributed by atoms with Gasteiger partial charge in [0.2, 0.25) is 5.91 Å². The molecular formula is C12H22N2O2. The van der Waals surface area contributed by atoms with Crippen molar-refractivity contribution in [2.45, 2.75) is 50.7 Å². The number of β-amino-alcohol motifs (C(OH)–C–C–N with tert-alkyl or cyclic N) is 1. The SMILES string of the molecule is CCC1CCC(O)(CN2CC(N)C2=O)CC1. The maximum absolute atomic E-state index is 11.4. The summed E-state index contributed by atoms with van der Waals surface area (Å²) in [5.74, 6) is 0.751. The number of carbonyl (C=O) groups is 1. The van der Waals surface area contributed by atoms with Gasteiger partial charge in [0.15, 0.2) is 0 Å². The van der Waals surface area contributed by atoms with Gasteiger partial charge in [-0.2, -0.15) is 0 Å². The van der Waals surface area contributed by atoms with Crippen LogP contribution in [0.1, 0.15) is 39.0 Å². The molecule has 1 saturated heterocycles. The number of nitrogens with zero attached hydrogens (tertiary/aromatic N) is 1. The second-order valence-corrected chi connectivity index (χ2v) is 5.40. The fourth-order valence-corrected chi connectivity index (χ4v) is 2.81. The van der Waals surface area contributed by atoms with Crippen molar-refractivity contribution in [3.8, 4) is 0 Å². The Morgan fingerprint density at radius 1 is 1.50 bits per heavy atom. The molecular weight excluding hydrogens is 204 g/mol. The Morgan fingerprint density at radius 2 is 2.12 bits per heavy atom. The summed E-state index contributed by atoms with van der Waals surface area (Å²) in [7, 11) is 0. The molecule has 0 aromatic carbocycles. The van der Waals surface area contributed by atoms with Crippen molar-refractivity contribution in [1.82, 2.24) is 4.90 Å². The highest BCUT2D eigenvalue weighted by Crippen LogP contribution is 2.34. The molecule has 92 valence electrons. The quantitative estimate of drug-likeness (QED) is 0.688. The van der Waals surface area contributed by atoms with Gasteiger partial charge in [-0.1, -0.05) is 13.3 Å². The Kier molecular flexibility index (Phi) is 3.22. The molecule has 2 fully saturated rings. The lowest BCUT2D eigenvalue weighted by Crippen LogP contribution is -2.64. The van der Waals surface area contributed by atoms with Crippen LogP contribution in [0.4, 0.5) is 0 Å². The lowest BCUT2D eigenvalue weighted by Gasteiger charge is -2.44. The van der Waals surface area contributed by atoms with Gasteiger partial charge in [-0.05, 0) is 31.6 Å². The van der Waals surface area contributed by atoms with Crippen LogP contribution in [0.15, 0.2) is 0 Å². The molecule has 1 heterocycles. The molecule has 0 aromatic rings. The Morgan fingerprint density at radius 3 is 2.56 bits per heavy atom. The van der Waals surface area contributed by atoms with Gasteiger partial charge in [0.05, 0.1) is 5.60 Å². The smallest absolute Gasteiger partial charge is 0.241 e. The summed E-state index contributed by atoms with van der Waals surface area (Å²) in [5, 5.41) is 10.4. The highest BCUT2D eigenvalue weighted by molar-refractivity contribution is 5.87. The van der Waals surface area contributed by atoms with E-state index in [1.54, 1.807) is 4.90 Å². The summed E-state index contributed by atoms with van der Waals surface area (Å²) < 4.78 is 0. The first-order chi connectivity index (χ1) is 7.54. The summed E-state index contributed by atoms with van der Waals surface area (Å²) in [5.41, 5.74) is 4.88. The van der Waals surface area contributed by atoms with Gasteiger partial charge in [0.25, 0.3) is 0 Å². The molecule has 2 aliphatic rings. The third-order valence-electron chi connectivity index (χ3n) is 4.14. The molecule has 1 atom stereocenters. The molecule has 0 spiro atoms. The van der Waals surface area contributed by atoms with Crippen LogP contribution in [0.3, 0.4) is 0 Å². The van der Waals surface area contributed by atoms with E-state index in [1.807, 2.05) is 0 Å². The van der Waals surface area contributed by atoms with Crippen molar-refractivity contribution < 1.29 is 9.90 Å².